The Balaban J connectivity index is 2.79. The van der Waals surface area contributed by atoms with Crippen molar-refractivity contribution in [1.82, 2.24) is 0 Å². The van der Waals surface area contributed by atoms with Crippen molar-refractivity contribution in [3.8, 4) is 5.75 Å². The molecule has 0 spiro atoms. The summed E-state index contributed by atoms with van der Waals surface area (Å²) in [5, 5.41) is 0. The summed E-state index contributed by atoms with van der Waals surface area (Å²) in [5.41, 5.74) is 0.799. The third-order valence-electron chi connectivity index (χ3n) is 1.99. The molecule has 0 saturated heterocycles. The summed E-state index contributed by atoms with van der Waals surface area (Å²) in [5.74, 6) is 1.02. The van der Waals surface area contributed by atoms with Crippen LogP contribution in [-0.4, -0.2) is 21.3 Å². The van der Waals surface area contributed by atoms with Crippen molar-refractivity contribution in [3.05, 3.63) is 29.8 Å². The quantitative estimate of drug-likeness (QED) is 0.765. The highest BCUT2D eigenvalue weighted by atomic mass is 32.2. The minimum absolute atomic E-state index is 0.105. The van der Waals surface area contributed by atoms with Crippen molar-refractivity contribution in [3.63, 3.8) is 0 Å². The number of benzene rings is 1. The van der Waals surface area contributed by atoms with E-state index in [1.54, 1.807) is 38.3 Å². The molecule has 0 N–H and O–H groups in total. The minimum Gasteiger partial charge on any atom is -0.497 e. The van der Waals surface area contributed by atoms with Crippen LogP contribution in [0, 0.1) is 0 Å². The van der Waals surface area contributed by atoms with Gasteiger partial charge in [-0.3, -0.25) is 0 Å². The molecule has 14 heavy (non-hydrogen) atoms. The lowest BCUT2D eigenvalue weighted by Gasteiger charge is -2.03. The van der Waals surface area contributed by atoms with Gasteiger partial charge in [0.15, 0.2) is 9.84 Å². The van der Waals surface area contributed by atoms with E-state index in [-0.39, 0.29) is 11.5 Å². The Kier molecular flexibility index (Phi) is 3.52. The van der Waals surface area contributed by atoms with Gasteiger partial charge in [-0.05, 0) is 17.7 Å². The first-order chi connectivity index (χ1) is 6.57. The molecule has 0 fully saturated rings. The SMILES string of the molecule is CCS(=O)(=O)Cc1ccc(OC)cc1. The van der Waals surface area contributed by atoms with Crippen LogP contribution in [-0.2, 0) is 15.6 Å². The van der Waals surface area contributed by atoms with Gasteiger partial charge in [-0.25, -0.2) is 8.42 Å². The summed E-state index contributed by atoms with van der Waals surface area (Å²) >= 11 is 0. The molecular formula is C10H14O3S. The van der Waals surface area contributed by atoms with Gasteiger partial charge in [-0.2, -0.15) is 0 Å². The Morgan fingerprint density at radius 1 is 1.21 bits per heavy atom. The molecule has 0 aliphatic rings. The van der Waals surface area contributed by atoms with Gasteiger partial charge in [0, 0.05) is 5.75 Å². The van der Waals surface area contributed by atoms with Crippen LogP contribution in [0.4, 0.5) is 0 Å². The normalized spacial score (nSPS) is 11.3. The Bertz CT molecular complexity index is 378. The molecule has 0 unspecified atom stereocenters. The summed E-state index contributed by atoms with van der Waals surface area (Å²) < 4.78 is 27.6. The monoisotopic (exact) mass is 214 g/mol. The molecule has 0 amide bonds. The molecule has 1 rings (SSSR count). The molecule has 0 saturated carbocycles. The summed E-state index contributed by atoms with van der Waals surface area (Å²) in [7, 11) is -1.35. The highest BCUT2D eigenvalue weighted by Gasteiger charge is 2.08. The number of rotatable bonds is 4. The van der Waals surface area contributed by atoms with Crippen molar-refractivity contribution in [2.24, 2.45) is 0 Å². The summed E-state index contributed by atoms with van der Waals surface area (Å²) in [4.78, 5) is 0. The van der Waals surface area contributed by atoms with Crippen LogP contribution in [0.15, 0.2) is 24.3 Å². The van der Waals surface area contributed by atoms with E-state index in [4.69, 9.17) is 4.74 Å². The molecule has 0 heterocycles. The van der Waals surface area contributed by atoms with E-state index in [9.17, 15) is 8.42 Å². The highest BCUT2D eigenvalue weighted by Crippen LogP contribution is 2.13. The Labute approximate surface area is 84.6 Å². The van der Waals surface area contributed by atoms with E-state index >= 15 is 0 Å². The third kappa shape index (κ3) is 3.03. The van der Waals surface area contributed by atoms with Gasteiger partial charge in [0.2, 0.25) is 0 Å². The first kappa shape index (κ1) is 11.0. The second kappa shape index (κ2) is 4.46. The van der Waals surface area contributed by atoms with Crippen molar-refractivity contribution >= 4 is 9.84 Å². The largest absolute Gasteiger partial charge is 0.497 e. The molecule has 0 bridgehead atoms. The smallest absolute Gasteiger partial charge is 0.154 e. The maximum atomic E-state index is 11.3. The van der Waals surface area contributed by atoms with E-state index in [1.165, 1.54) is 0 Å². The summed E-state index contributed by atoms with van der Waals surface area (Å²) in [6, 6.07) is 7.07. The zero-order chi connectivity index (χ0) is 10.6. The number of hydrogen-bond acceptors (Lipinski definition) is 3. The van der Waals surface area contributed by atoms with Crippen LogP contribution < -0.4 is 4.74 Å². The maximum Gasteiger partial charge on any atom is 0.154 e. The summed E-state index contributed by atoms with van der Waals surface area (Å²) in [6.07, 6.45) is 0. The van der Waals surface area contributed by atoms with Crippen molar-refractivity contribution in [2.45, 2.75) is 12.7 Å². The lowest BCUT2D eigenvalue weighted by atomic mass is 10.2. The maximum absolute atomic E-state index is 11.3. The van der Waals surface area contributed by atoms with Gasteiger partial charge in [-0.15, -0.1) is 0 Å². The molecule has 3 nitrogen and oxygen atoms in total. The minimum atomic E-state index is -2.93. The molecule has 0 aliphatic carbocycles. The Morgan fingerprint density at radius 2 is 1.79 bits per heavy atom. The van der Waals surface area contributed by atoms with Crippen LogP contribution in [0.1, 0.15) is 12.5 Å². The lowest BCUT2D eigenvalue weighted by molar-refractivity contribution is 0.414. The predicted molar refractivity (Wildman–Crippen MR) is 56.2 cm³/mol. The van der Waals surface area contributed by atoms with E-state index in [2.05, 4.69) is 0 Å². The van der Waals surface area contributed by atoms with Crippen LogP contribution in [0.3, 0.4) is 0 Å². The molecule has 0 atom stereocenters. The lowest BCUT2D eigenvalue weighted by Crippen LogP contribution is -2.06. The Morgan fingerprint density at radius 3 is 2.21 bits per heavy atom. The average molecular weight is 214 g/mol. The zero-order valence-corrected chi connectivity index (χ0v) is 9.17. The highest BCUT2D eigenvalue weighted by molar-refractivity contribution is 7.90. The van der Waals surface area contributed by atoms with Gasteiger partial charge < -0.3 is 4.74 Å². The number of hydrogen-bond donors (Lipinski definition) is 0. The molecular weight excluding hydrogens is 200 g/mol. The van der Waals surface area contributed by atoms with Gasteiger partial charge in [0.05, 0.1) is 12.9 Å². The first-order valence-corrected chi connectivity index (χ1v) is 6.23. The molecule has 0 aliphatic heterocycles. The standard InChI is InChI=1S/C10H14O3S/c1-3-14(11,12)8-9-4-6-10(13-2)7-5-9/h4-7H,3,8H2,1-2H3. The average Bonchev–Trinajstić information content (AvgIpc) is 2.19. The van der Waals surface area contributed by atoms with Gasteiger partial charge in [-0.1, -0.05) is 19.1 Å². The fourth-order valence-corrected chi connectivity index (χ4v) is 1.98. The topological polar surface area (TPSA) is 43.4 Å². The van der Waals surface area contributed by atoms with Crippen LogP contribution in [0.5, 0.6) is 5.75 Å². The van der Waals surface area contributed by atoms with E-state index in [0.717, 1.165) is 11.3 Å². The van der Waals surface area contributed by atoms with Gasteiger partial charge in [0.1, 0.15) is 5.75 Å². The second-order valence-corrected chi connectivity index (χ2v) is 5.38. The number of sulfone groups is 1. The fraction of sp³-hybridized carbons (Fsp3) is 0.400. The fourth-order valence-electron chi connectivity index (χ4n) is 1.08. The van der Waals surface area contributed by atoms with Crippen molar-refractivity contribution in [2.75, 3.05) is 12.9 Å². The van der Waals surface area contributed by atoms with Gasteiger partial charge >= 0.3 is 0 Å². The van der Waals surface area contributed by atoms with E-state index < -0.39 is 9.84 Å². The first-order valence-electron chi connectivity index (χ1n) is 4.41. The summed E-state index contributed by atoms with van der Waals surface area (Å²) in [6.45, 7) is 1.65. The molecule has 78 valence electrons. The number of ether oxygens (including phenoxy) is 1. The zero-order valence-electron chi connectivity index (χ0n) is 8.36. The Hall–Kier alpha value is -1.03. The molecule has 1 aromatic rings. The molecule has 4 heteroatoms. The predicted octanol–water partition coefficient (Wildman–Crippen LogP) is 1.63. The van der Waals surface area contributed by atoms with Crippen LogP contribution in [0.25, 0.3) is 0 Å². The number of methoxy groups -OCH3 is 1. The van der Waals surface area contributed by atoms with E-state index in [1.807, 2.05) is 0 Å². The van der Waals surface area contributed by atoms with E-state index in [0.29, 0.717) is 0 Å². The molecule has 0 aromatic heterocycles. The molecule has 0 radical (unpaired) electrons. The van der Waals surface area contributed by atoms with Crippen LogP contribution >= 0.6 is 0 Å². The molecule has 1 aromatic carbocycles. The van der Waals surface area contributed by atoms with Crippen LogP contribution in [0.2, 0.25) is 0 Å². The third-order valence-corrected chi connectivity index (χ3v) is 3.64. The van der Waals surface area contributed by atoms with Crippen molar-refractivity contribution < 1.29 is 13.2 Å². The van der Waals surface area contributed by atoms with Gasteiger partial charge in [0.25, 0.3) is 0 Å². The second-order valence-electron chi connectivity index (χ2n) is 3.02. The van der Waals surface area contributed by atoms with Crippen molar-refractivity contribution in [1.29, 1.82) is 0 Å².